The minimum absolute atomic E-state index is 0. The maximum Gasteiger partial charge on any atom is 0.254 e. The van der Waals surface area contributed by atoms with E-state index in [1.54, 1.807) is 23.1 Å². The Labute approximate surface area is 167 Å². The molecule has 140 valence electrons. The standard InChI is InChI=1S/C17H18Cl2N4O2.ClH/c18-11-7-10(8-12(19)9-11)15(24)23-6-1-3-13(23)14-21-16(22-25-14)17(20)4-2-5-17;/h7-9,13H,1-6,20H2;1H. The number of nitrogens with zero attached hydrogens (tertiary/aromatic N) is 3. The Morgan fingerprint density at radius 2 is 1.92 bits per heavy atom. The van der Waals surface area contributed by atoms with Crippen molar-refractivity contribution in [1.82, 2.24) is 15.0 Å². The lowest BCUT2D eigenvalue weighted by molar-refractivity contribution is 0.0710. The monoisotopic (exact) mass is 416 g/mol. The zero-order chi connectivity index (χ0) is 17.6. The molecule has 0 bridgehead atoms. The van der Waals surface area contributed by atoms with Gasteiger partial charge in [0, 0.05) is 22.2 Å². The third kappa shape index (κ3) is 3.43. The van der Waals surface area contributed by atoms with Gasteiger partial charge in [-0.1, -0.05) is 28.4 Å². The molecule has 6 nitrogen and oxygen atoms in total. The van der Waals surface area contributed by atoms with E-state index in [1.807, 2.05) is 0 Å². The summed E-state index contributed by atoms with van der Waals surface area (Å²) in [5.74, 6) is 0.849. The van der Waals surface area contributed by atoms with Crippen molar-refractivity contribution in [3.05, 3.63) is 45.5 Å². The number of carbonyl (C=O) groups is 1. The van der Waals surface area contributed by atoms with Crippen molar-refractivity contribution in [1.29, 1.82) is 0 Å². The summed E-state index contributed by atoms with van der Waals surface area (Å²) in [6.07, 6.45) is 4.44. The second kappa shape index (κ2) is 7.35. The van der Waals surface area contributed by atoms with Gasteiger partial charge in [-0.2, -0.15) is 4.98 Å². The molecule has 26 heavy (non-hydrogen) atoms. The number of aromatic nitrogens is 2. The van der Waals surface area contributed by atoms with Crippen LogP contribution >= 0.6 is 35.6 Å². The molecule has 0 spiro atoms. The fraction of sp³-hybridized carbons (Fsp3) is 0.471. The van der Waals surface area contributed by atoms with E-state index in [0.29, 0.717) is 33.9 Å². The van der Waals surface area contributed by atoms with Gasteiger partial charge in [0.15, 0.2) is 5.82 Å². The number of rotatable bonds is 3. The molecule has 1 aromatic carbocycles. The van der Waals surface area contributed by atoms with Crippen LogP contribution in [-0.4, -0.2) is 27.5 Å². The maximum absolute atomic E-state index is 12.9. The molecule has 1 atom stereocenters. The van der Waals surface area contributed by atoms with Crippen LogP contribution in [0.1, 0.15) is 60.2 Å². The fourth-order valence-electron chi connectivity index (χ4n) is 3.46. The molecule has 0 radical (unpaired) electrons. The van der Waals surface area contributed by atoms with E-state index >= 15 is 0 Å². The molecule has 2 aliphatic rings. The molecule has 1 aliphatic heterocycles. The molecule has 2 N–H and O–H groups in total. The SMILES string of the molecule is Cl.NC1(c2noc(C3CCCN3C(=O)c3cc(Cl)cc(Cl)c3)n2)CCC1. The maximum atomic E-state index is 12.9. The van der Waals surface area contributed by atoms with Crippen LogP contribution < -0.4 is 5.73 Å². The molecule has 2 fully saturated rings. The van der Waals surface area contributed by atoms with E-state index in [1.165, 1.54) is 0 Å². The highest BCUT2D eigenvalue weighted by Crippen LogP contribution is 2.39. The Hall–Kier alpha value is -1.34. The zero-order valence-electron chi connectivity index (χ0n) is 14.0. The second-order valence-electron chi connectivity index (χ2n) is 6.78. The number of nitrogens with two attached hydrogens (primary N) is 1. The lowest BCUT2D eigenvalue weighted by Gasteiger charge is -2.34. The van der Waals surface area contributed by atoms with Crippen LogP contribution in [0.3, 0.4) is 0 Å². The highest BCUT2D eigenvalue weighted by Gasteiger charge is 2.41. The lowest BCUT2D eigenvalue weighted by Crippen LogP contribution is -2.44. The van der Waals surface area contributed by atoms with Gasteiger partial charge in [-0.3, -0.25) is 4.79 Å². The van der Waals surface area contributed by atoms with Crippen molar-refractivity contribution < 1.29 is 9.32 Å². The first-order valence-corrected chi connectivity index (χ1v) is 9.12. The Morgan fingerprint density at radius 1 is 1.23 bits per heavy atom. The second-order valence-corrected chi connectivity index (χ2v) is 7.65. The summed E-state index contributed by atoms with van der Waals surface area (Å²) in [6, 6.07) is 4.60. The molecular weight excluding hydrogens is 399 g/mol. The summed E-state index contributed by atoms with van der Waals surface area (Å²) in [6.45, 7) is 0.624. The molecule has 1 amide bonds. The third-order valence-corrected chi connectivity index (χ3v) is 5.48. The minimum Gasteiger partial charge on any atom is -0.337 e. The summed E-state index contributed by atoms with van der Waals surface area (Å²) in [5, 5.41) is 4.92. The number of halogens is 3. The Balaban J connectivity index is 0.00000196. The van der Waals surface area contributed by atoms with E-state index in [-0.39, 0.29) is 24.4 Å². The number of amides is 1. The van der Waals surface area contributed by atoms with Gasteiger partial charge in [0.05, 0.1) is 5.54 Å². The van der Waals surface area contributed by atoms with Gasteiger partial charge in [0.2, 0.25) is 5.89 Å². The zero-order valence-corrected chi connectivity index (χ0v) is 16.3. The molecule has 2 aromatic rings. The van der Waals surface area contributed by atoms with Crippen LogP contribution in [0, 0.1) is 0 Å². The molecule has 1 aromatic heterocycles. The smallest absolute Gasteiger partial charge is 0.254 e. The Morgan fingerprint density at radius 3 is 2.54 bits per heavy atom. The van der Waals surface area contributed by atoms with Gasteiger partial charge in [-0.05, 0) is 50.3 Å². The van der Waals surface area contributed by atoms with Gasteiger partial charge in [-0.25, -0.2) is 0 Å². The average Bonchev–Trinajstić information content (AvgIpc) is 3.19. The first kappa shape index (κ1) is 19.4. The van der Waals surface area contributed by atoms with Crippen LogP contribution in [0.25, 0.3) is 0 Å². The van der Waals surface area contributed by atoms with Gasteiger partial charge in [0.1, 0.15) is 6.04 Å². The fourth-order valence-corrected chi connectivity index (χ4v) is 3.99. The lowest BCUT2D eigenvalue weighted by atomic mass is 9.77. The van der Waals surface area contributed by atoms with Gasteiger partial charge in [-0.15, -0.1) is 12.4 Å². The molecule has 1 saturated heterocycles. The van der Waals surface area contributed by atoms with Gasteiger partial charge < -0.3 is 15.2 Å². The quantitative estimate of drug-likeness (QED) is 0.812. The third-order valence-electron chi connectivity index (χ3n) is 5.04. The molecule has 1 aliphatic carbocycles. The number of likely N-dealkylation sites (tertiary alicyclic amines) is 1. The average molecular weight is 418 g/mol. The molecule has 1 unspecified atom stereocenters. The van der Waals surface area contributed by atoms with Gasteiger partial charge >= 0.3 is 0 Å². The Bertz CT molecular complexity index is 802. The van der Waals surface area contributed by atoms with Crippen LogP contribution in [0.2, 0.25) is 10.0 Å². The topological polar surface area (TPSA) is 85.2 Å². The Kier molecular flexibility index (Phi) is 5.49. The largest absolute Gasteiger partial charge is 0.337 e. The van der Waals surface area contributed by atoms with Crippen molar-refractivity contribution >= 4 is 41.5 Å². The first-order chi connectivity index (χ1) is 12.0. The van der Waals surface area contributed by atoms with E-state index in [0.717, 1.165) is 32.1 Å². The van der Waals surface area contributed by atoms with Crippen LogP contribution in [-0.2, 0) is 5.54 Å². The van der Waals surface area contributed by atoms with Crippen LogP contribution in [0.5, 0.6) is 0 Å². The summed E-state index contributed by atoms with van der Waals surface area (Å²) >= 11 is 12.0. The van der Waals surface area contributed by atoms with Gasteiger partial charge in [0.25, 0.3) is 5.91 Å². The molecule has 1 saturated carbocycles. The molecule has 9 heteroatoms. The van der Waals surface area contributed by atoms with E-state index < -0.39 is 5.54 Å². The van der Waals surface area contributed by atoms with E-state index in [9.17, 15) is 4.79 Å². The van der Waals surface area contributed by atoms with Crippen molar-refractivity contribution in [2.75, 3.05) is 6.54 Å². The summed E-state index contributed by atoms with van der Waals surface area (Å²) in [4.78, 5) is 19.1. The first-order valence-electron chi connectivity index (χ1n) is 8.36. The number of benzene rings is 1. The highest BCUT2D eigenvalue weighted by molar-refractivity contribution is 6.35. The number of carbonyl (C=O) groups excluding carboxylic acids is 1. The number of hydrogen-bond acceptors (Lipinski definition) is 5. The normalized spacial score (nSPS) is 21.2. The number of hydrogen-bond donors (Lipinski definition) is 1. The molecule has 4 rings (SSSR count). The molecule has 2 heterocycles. The van der Waals surface area contributed by atoms with E-state index in [2.05, 4.69) is 10.1 Å². The van der Waals surface area contributed by atoms with Crippen LogP contribution in [0.15, 0.2) is 22.7 Å². The van der Waals surface area contributed by atoms with Crippen molar-refractivity contribution in [2.45, 2.75) is 43.7 Å². The van der Waals surface area contributed by atoms with Crippen molar-refractivity contribution in [3.8, 4) is 0 Å². The highest BCUT2D eigenvalue weighted by atomic mass is 35.5. The van der Waals surface area contributed by atoms with Crippen LogP contribution in [0.4, 0.5) is 0 Å². The minimum atomic E-state index is -0.477. The predicted molar refractivity (Wildman–Crippen MR) is 101 cm³/mol. The predicted octanol–water partition coefficient (Wildman–Crippen LogP) is 4.11. The van der Waals surface area contributed by atoms with Crippen molar-refractivity contribution in [3.63, 3.8) is 0 Å². The van der Waals surface area contributed by atoms with E-state index in [4.69, 9.17) is 33.5 Å². The molecular formula is C17H19Cl3N4O2. The van der Waals surface area contributed by atoms with Crippen molar-refractivity contribution in [2.24, 2.45) is 5.73 Å². The summed E-state index contributed by atoms with van der Waals surface area (Å²) < 4.78 is 5.45. The summed E-state index contributed by atoms with van der Waals surface area (Å²) in [7, 11) is 0. The summed E-state index contributed by atoms with van der Waals surface area (Å²) in [5.41, 5.74) is 6.24.